The van der Waals surface area contributed by atoms with Gasteiger partial charge in [0.15, 0.2) is 5.78 Å². The predicted molar refractivity (Wildman–Crippen MR) is 56.1 cm³/mol. The molecule has 0 aromatic carbocycles. The van der Waals surface area contributed by atoms with E-state index in [9.17, 15) is 4.79 Å². The number of methoxy groups -OCH3 is 1. The number of Topliss-reactive ketones (excluding diaryl/α,β-unsaturated/α-hetero) is 1. The number of rotatable bonds is 5. The van der Waals surface area contributed by atoms with Gasteiger partial charge in [-0.15, -0.1) is 0 Å². The Morgan fingerprint density at radius 1 is 1.43 bits per heavy atom. The van der Waals surface area contributed by atoms with Gasteiger partial charge in [0.2, 0.25) is 0 Å². The molecule has 1 aliphatic rings. The molecule has 1 aliphatic carbocycles. The number of ketones is 1. The van der Waals surface area contributed by atoms with Crippen molar-refractivity contribution >= 4 is 5.78 Å². The Kier molecular flexibility index (Phi) is 5.12. The SMILES string of the molecule is COCCC(N)C(=O)C1CCCCC1. The molecule has 1 fully saturated rings. The van der Waals surface area contributed by atoms with Gasteiger partial charge >= 0.3 is 0 Å². The van der Waals surface area contributed by atoms with E-state index in [2.05, 4.69) is 0 Å². The van der Waals surface area contributed by atoms with Crippen LogP contribution in [0.1, 0.15) is 38.5 Å². The molecule has 1 saturated carbocycles. The fourth-order valence-corrected chi connectivity index (χ4v) is 2.08. The molecule has 1 atom stereocenters. The number of hydrogen-bond acceptors (Lipinski definition) is 3. The fourth-order valence-electron chi connectivity index (χ4n) is 2.08. The molecule has 14 heavy (non-hydrogen) atoms. The van der Waals surface area contributed by atoms with Gasteiger partial charge in [0.05, 0.1) is 6.04 Å². The summed E-state index contributed by atoms with van der Waals surface area (Å²) in [6.45, 7) is 0.583. The minimum Gasteiger partial charge on any atom is -0.385 e. The van der Waals surface area contributed by atoms with Crippen molar-refractivity contribution in [1.29, 1.82) is 0 Å². The Bertz CT molecular complexity index is 176. The molecular weight excluding hydrogens is 178 g/mol. The zero-order valence-electron chi connectivity index (χ0n) is 9.00. The third-order valence-electron chi connectivity index (χ3n) is 3.01. The fraction of sp³-hybridized carbons (Fsp3) is 0.909. The Balaban J connectivity index is 2.30. The van der Waals surface area contributed by atoms with Crippen LogP contribution in [-0.4, -0.2) is 25.5 Å². The topological polar surface area (TPSA) is 52.3 Å². The quantitative estimate of drug-likeness (QED) is 0.730. The van der Waals surface area contributed by atoms with Crippen molar-refractivity contribution in [3.63, 3.8) is 0 Å². The molecule has 0 aromatic rings. The van der Waals surface area contributed by atoms with E-state index in [1.807, 2.05) is 0 Å². The van der Waals surface area contributed by atoms with Crippen molar-refractivity contribution in [3.05, 3.63) is 0 Å². The van der Waals surface area contributed by atoms with Gasteiger partial charge in [0, 0.05) is 19.6 Å². The zero-order valence-corrected chi connectivity index (χ0v) is 9.00. The molecule has 0 saturated heterocycles. The summed E-state index contributed by atoms with van der Waals surface area (Å²) < 4.78 is 4.92. The van der Waals surface area contributed by atoms with Gasteiger partial charge in [0.25, 0.3) is 0 Å². The lowest BCUT2D eigenvalue weighted by Crippen LogP contribution is -2.37. The van der Waals surface area contributed by atoms with Gasteiger partial charge in [0.1, 0.15) is 0 Å². The van der Waals surface area contributed by atoms with Crippen LogP contribution >= 0.6 is 0 Å². The average molecular weight is 199 g/mol. The van der Waals surface area contributed by atoms with Gasteiger partial charge in [-0.1, -0.05) is 19.3 Å². The van der Waals surface area contributed by atoms with Crippen molar-refractivity contribution < 1.29 is 9.53 Å². The smallest absolute Gasteiger partial charge is 0.152 e. The molecule has 0 bridgehead atoms. The predicted octanol–water partition coefficient (Wildman–Crippen LogP) is 1.50. The molecule has 0 heterocycles. The first-order valence-corrected chi connectivity index (χ1v) is 5.54. The molecule has 0 aliphatic heterocycles. The first kappa shape index (κ1) is 11.7. The molecule has 2 N–H and O–H groups in total. The number of nitrogens with two attached hydrogens (primary N) is 1. The van der Waals surface area contributed by atoms with Crippen LogP contribution in [-0.2, 0) is 9.53 Å². The first-order valence-electron chi connectivity index (χ1n) is 5.54. The van der Waals surface area contributed by atoms with E-state index >= 15 is 0 Å². The minimum atomic E-state index is -0.307. The molecular formula is C11H21NO2. The van der Waals surface area contributed by atoms with Gasteiger partial charge < -0.3 is 10.5 Å². The molecule has 82 valence electrons. The molecule has 1 rings (SSSR count). The molecule has 0 amide bonds. The maximum Gasteiger partial charge on any atom is 0.152 e. The first-order chi connectivity index (χ1) is 6.75. The highest BCUT2D eigenvalue weighted by molar-refractivity contribution is 5.86. The monoisotopic (exact) mass is 199 g/mol. The molecule has 0 radical (unpaired) electrons. The number of ether oxygens (including phenoxy) is 1. The van der Waals surface area contributed by atoms with Crippen LogP contribution in [0.15, 0.2) is 0 Å². The second kappa shape index (κ2) is 6.14. The lowest BCUT2D eigenvalue weighted by atomic mass is 9.83. The summed E-state index contributed by atoms with van der Waals surface area (Å²) in [7, 11) is 1.64. The van der Waals surface area contributed by atoms with E-state index in [-0.39, 0.29) is 17.7 Å². The van der Waals surface area contributed by atoms with Crippen LogP contribution < -0.4 is 5.73 Å². The van der Waals surface area contributed by atoms with Gasteiger partial charge in [-0.3, -0.25) is 4.79 Å². The largest absolute Gasteiger partial charge is 0.385 e. The number of carbonyl (C=O) groups is 1. The van der Waals surface area contributed by atoms with Crippen LogP contribution in [0.5, 0.6) is 0 Å². The molecule has 3 nitrogen and oxygen atoms in total. The van der Waals surface area contributed by atoms with Crippen molar-refractivity contribution in [2.45, 2.75) is 44.6 Å². The normalized spacial score (nSPS) is 20.7. The molecule has 1 unspecified atom stereocenters. The van der Waals surface area contributed by atoms with E-state index in [1.54, 1.807) is 7.11 Å². The van der Waals surface area contributed by atoms with Crippen LogP contribution in [0, 0.1) is 5.92 Å². The second-order valence-corrected chi connectivity index (χ2v) is 4.13. The Hall–Kier alpha value is -0.410. The standard InChI is InChI=1S/C11H21NO2/c1-14-8-7-10(12)11(13)9-5-3-2-4-6-9/h9-10H,2-8,12H2,1H3. The molecule has 0 aromatic heterocycles. The maximum atomic E-state index is 11.8. The number of carbonyl (C=O) groups excluding carboxylic acids is 1. The zero-order chi connectivity index (χ0) is 10.4. The summed E-state index contributed by atoms with van der Waals surface area (Å²) >= 11 is 0. The highest BCUT2D eigenvalue weighted by atomic mass is 16.5. The summed E-state index contributed by atoms with van der Waals surface area (Å²) in [4.78, 5) is 11.8. The van der Waals surface area contributed by atoms with Crippen molar-refractivity contribution in [3.8, 4) is 0 Å². The Labute approximate surface area is 86.0 Å². The Morgan fingerprint density at radius 3 is 2.64 bits per heavy atom. The highest BCUT2D eigenvalue weighted by Crippen LogP contribution is 2.25. The van der Waals surface area contributed by atoms with Crippen molar-refractivity contribution in [1.82, 2.24) is 0 Å². The van der Waals surface area contributed by atoms with Crippen molar-refractivity contribution in [2.75, 3.05) is 13.7 Å². The molecule has 3 heteroatoms. The van der Waals surface area contributed by atoms with Crippen LogP contribution in [0.2, 0.25) is 0 Å². The summed E-state index contributed by atoms with van der Waals surface area (Å²) in [5, 5.41) is 0. The van der Waals surface area contributed by atoms with Gasteiger partial charge in [-0.2, -0.15) is 0 Å². The highest BCUT2D eigenvalue weighted by Gasteiger charge is 2.25. The number of hydrogen-bond donors (Lipinski definition) is 1. The maximum absolute atomic E-state index is 11.8. The Morgan fingerprint density at radius 2 is 2.07 bits per heavy atom. The van der Waals surface area contributed by atoms with Gasteiger partial charge in [-0.25, -0.2) is 0 Å². The summed E-state index contributed by atoms with van der Waals surface area (Å²) in [6.07, 6.45) is 6.39. The van der Waals surface area contributed by atoms with Crippen LogP contribution in [0.25, 0.3) is 0 Å². The van der Waals surface area contributed by atoms with Crippen molar-refractivity contribution in [2.24, 2.45) is 11.7 Å². The summed E-state index contributed by atoms with van der Waals surface area (Å²) in [5.41, 5.74) is 5.80. The van der Waals surface area contributed by atoms with Crippen LogP contribution in [0.3, 0.4) is 0 Å². The van der Waals surface area contributed by atoms with E-state index in [1.165, 1.54) is 19.3 Å². The van der Waals surface area contributed by atoms with Crippen LogP contribution in [0.4, 0.5) is 0 Å². The van der Waals surface area contributed by atoms with E-state index < -0.39 is 0 Å². The third-order valence-corrected chi connectivity index (χ3v) is 3.01. The van der Waals surface area contributed by atoms with E-state index in [4.69, 9.17) is 10.5 Å². The lowest BCUT2D eigenvalue weighted by molar-refractivity contribution is -0.125. The lowest BCUT2D eigenvalue weighted by Gasteiger charge is -2.23. The third kappa shape index (κ3) is 3.39. The second-order valence-electron chi connectivity index (χ2n) is 4.13. The van der Waals surface area contributed by atoms with E-state index in [0.717, 1.165) is 12.8 Å². The minimum absolute atomic E-state index is 0.232. The summed E-state index contributed by atoms with van der Waals surface area (Å²) in [6, 6.07) is -0.307. The summed E-state index contributed by atoms with van der Waals surface area (Å²) in [5.74, 6) is 0.484. The van der Waals surface area contributed by atoms with Gasteiger partial charge in [-0.05, 0) is 19.3 Å². The average Bonchev–Trinajstić information content (AvgIpc) is 2.26. The molecule has 0 spiro atoms. The van der Waals surface area contributed by atoms with E-state index in [0.29, 0.717) is 13.0 Å².